The van der Waals surface area contributed by atoms with Crippen molar-refractivity contribution in [2.45, 2.75) is 0 Å². The lowest BCUT2D eigenvalue weighted by molar-refractivity contribution is 0.0921. The number of aryl methyl sites for hydroxylation is 1. The molecule has 0 saturated carbocycles. The monoisotopic (exact) mass is 341 g/mol. The Hall–Kier alpha value is -1.30. The maximum atomic E-state index is 11.8. The molecule has 0 bridgehead atoms. The Morgan fingerprint density at radius 1 is 1.41 bits per heavy atom. The van der Waals surface area contributed by atoms with Crippen molar-refractivity contribution >= 4 is 28.4 Å². The predicted molar refractivity (Wildman–Crippen MR) is 74.4 cm³/mol. The first kappa shape index (κ1) is 12.2. The van der Waals surface area contributed by atoms with Crippen molar-refractivity contribution < 1.29 is 9.53 Å². The maximum Gasteiger partial charge on any atom is 0.201 e. The molecule has 0 aliphatic carbocycles. The smallest absolute Gasteiger partial charge is 0.201 e. The van der Waals surface area contributed by atoms with Crippen LogP contribution in [0.15, 0.2) is 42.7 Å². The van der Waals surface area contributed by atoms with E-state index in [2.05, 4.69) is 22.6 Å². The molecule has 0 fully saturated rings. The van der Waals surface area contributed by atoms with E-state index in [0.717, 1.165) is 9.32 Å². The molecule has 88 valence electrons. The first-order valence-electron chi connectivity index (χ1n) is 5.19. The Kier molecular flexibility index (Phi) is 3.83. The average molecular weight is 341 g/mol. The molecule has 17 heavy (non-hydrogen) atoms. The highest BCUT2D eigenvalue weighted by molar-refractivity contribution is 14.1. The summed E-state index contributed by atoms with van der Waals surface area (Å²) < 4.78 is 8.38. The lowest BCUT2D eigenvalue weighted by Crippen LogP contribution is -2.10. The van der Waals surface area contributed by atoms with Crippen LogP contribution in [0, 0.1) is 3.57 Å². The minimum absolute atomic E-state index is 0.00976. The number of aromatic nitrogens is 1. The number of hydrogen-bond acceptors (Lipinski definition) is 2. The van der Waals surface area contributed by atoms with Gasteiger partial charge in [0.2, 0.25) is 5.78 Å². The zero-order valence-electron chi connectivity index (χ0n) is 9.39. The van der Waals surface area contributed by atoms with E-state index in [1.54, 1.807) is 12.3 Å². The van der Waals surface area contributed by atoms with Gasteiger partial charge in [-0.1, -0.05) is 6.07 Å². The highest BCUT2D eigenvalue weighted by atomic mass is 127. The van der Waals surface area contributed by atoms with Crippen molar-refractivity contribution in [2.24, 2.45) is 7.05 Å². The number of ether oxygens (including phenoxy) is 1. The molecule has 1 aromatic carbocycles. The number of ketones is 1. The Morgan fingerprint density at radius 2 is 2.24 bits per heavy atom. The normalized spacial score (nSPS) is 10.2. The van der Waals surface area contributed by atoms with E-state index in [1.807, 2.05) is 42.1 Å². The standard InChI is InChI=1S/C13H12INO2/c1-15-6-5-10(8-15)13(16)9-17-12-4-2-3-11(14)7-12/h2-8H,9H2,1H3. The summed E-state index contributed by atoms with van der Waals surface area (Å²) in [6, 6.07) is 9.43. The summed E-state index contributed by atoms with van der Waals surface area (Å²) in [4.78, 5) is 11.8. The fourth-order valence-electron chi connectivity index (χ4n) is 1.46. The van der Waals surface area contributed by atoms with Crippen molar-refractivity contribution in [1.29, 1.82) is 0 Å². The third kappa shape index (κ3) is 3.33. The van der Waals surface area contributed by atoms with Gasteiger partial charge < -0.3 is 9.30 Å². The highest BCUT2D eigenvalue weighted by Crippen LogP contribution is 2.15. The zero-order valence-corrected chi connectivity index (χ0v) is 11.5. The van der Waals surface area contributed by atoms with Crippen molar-refractivity contribution in [2.75, 3.05) is 6.61 Å². The highest BCUT2D eigenvalue weighted by Gasteiger charge is 2.07. The van der Waals surface area contributed by atoms with E-state index < -0.39 is 0 Å². The third-order valence-corrected chi connectivity index (χ3v) is 2.99. The Labute approximate surface area is 114 Å². The van der Waals surface area contributed by atoms with Crippen LogP contribution < -0.4 is 4.74 Å². The van der Waals surface area contributed by atoms with Gasteiger partial charge >= 0.3 is 0 Å². The molecule has 1 heterocycles. The number of hydrogen-bond donors (Lipinski definition) is 0. The van der Waals surface area contributed by atoms with E-state index in [-0.39, 0.29) is 12.4 Å². The van der Waals surface area contributed by atoms with Crippen LogP contribution in [0.1, 0.15) is 10.4 Å². The molecule has 0 spiro atoms. The van der Waals surface area contributed by atoms with Crippen molar-refractivity contribution in [1.82, 2.24) is 4.57 Å². The van der Waals surface area contributed by atoms with Gasteiger partial charge in [-0.05, 0) is 46.9 Å². The van der Waals surface area contributed by atoms with E-state index in [9.17, 15) is 4.79 Å². The van der Waals surface area contributed by atoms with Crippen molar-refractivity contribution in [3.63, 3.8) is 0 Å². The maximum absolute atomic E-state index is 11.8. The minimum Gasteiger partial charge on any atom is -0.485 e. The molecule has 0 aliphatic heterocycles. The molecule has 2 rings (SSSR count). The summed E-state index contributed by atoms with van der Waals surface area (Å²) in [6.07, 6.45) is 3.64. The molecular formula is C13H12INO2. The van der Waals surface area contributed by atoms with Gasteiger partial charge in [0.25, 0.3) is 0 Å². The molecular weight excluding hydrogens is 329 g/mol. The fourth-order valence-corrected chi connectivity index (χ4v) is 1.97. The van der Waals surface area contributed by atoms with Gasteiger partial charge in [0.15, 0.2) is 6.61 Å². The summed E-state index contributed by atoms with van der Waals surface area (Å²) in [5, 5.41) is 0. The predicted octanol–water partition coefficient (Wildman–Crippen LogP) is 2.89. The number of carbonyl (C=O) groups is 1. The van der Waals surface area contributed by atoms with Gasteiger partial charge in [0.1, 0.15) is 5.75 Å². The Morgan fingerprint density at radius 3 is 2.88 bits per heavy atom. The number of halogens is 1. The number of carbonyl (C=O) groups excluding carboxylic acids is 1. The second-order valence-corrected chi connectivity index (χ2v) is 4.98. The number of benzene rings is 1. The summed E-state index contributed by atoms with van der Waals surface area (Å²) in [5.74, 6) is 0.714. The largest absolute Gasteiger partial charge is 0.485 e. The lowest BCUT2D eigenvalue weighted by atomic mass is 10.2. The summed E-state index contributed by atoms with van der Waals surface area (Å²) in [6.45, 7) is 0.0735. The summed E-state index contributed by atoms with van der Waals surface area (Å²) >= 11 is 2.21. The first-order valence-corrected chi connectivity index (χ1v) is 6.26. The van der Waals surface area contributed by atoms with Gasteiger partial charge in [-0.25, -0.2) is 0 Å². The Bertz CT molecular complexity index is 534. The second-order valence-electron chi connectivity index (χ2n) is 3.73. The summed E-state index contributed by atoms with van der Waals surface area (Å²) in [7, 11) is 1.89. The molecule has 0 saturated heterocycles. The number of Topliss-reactive ketones (excluding diaryl/α,β-unsaturated/α-hetero) is 1. The van der Waals surface area contributed by atoms with Crippen LogP contribution in [-0.2, 0) is 7.05 Å². The molecule has 0 amide bonds. The van der Waals surface area contributed by atoms with Gasteiger partial charge in [0, 0.05) is 28.6 Å². The molecule has 2 aromatic rings. The van der Waals surface area contributed by atoms with Crippen LogP contribution in [0.2, 0.25) is 0 Å². The van der Waals surface area contributed by atoms with E-state index in [4.69, 9.17) is 4.74 Å². The number of nitrogens with zero attached hydrogens (tertiary/aromatic N) is 1. The van der Waals surface area contributed by atoms with Crippen LogP contribution in [0.25, 0.3) is 0 Å². The van der Waals surface area contributed by atoms with Crippen LogP contribution in [0.3, 0.4) is 0 Å². The van der Waals surface area contributed by atoms with E-state index in [1.165, 1.54) is 0 Å². The van der Waals surface area contributed by atoms with Crippen LogP contribution in [-0.4, -0.2) is 17.0 Å². The summed E-state index contributed by atoms with van der Waals surface area (Å²) in [5.41, 5.74) is 0.679. The average Bonchev–Trinajstić information content (AvgIpc) is 2.73. The minimum atomic E-state index is -0.00976. The molecule has 0 atom stereocenters. The first-order chi connectivity index (χ1) is 8.15. The molecule has 3 nitrogen and oxygen atoms in total. The van der Waals surface area contributed by atoms with Gasteiger partial charge in [-0.15, -0.1) is 0 Å². The quantitative estimate of drug-likeness (QED) is 0.633. The Balaban J connectivity index is 1.97. The molecule has 0 unspecified atom stereocenters. The van der Waals surface area contributed by atoms with Crippen molar-refractivity contribution in [3.05, 3.63) is 51.9 Å². The van der Waals surface area contributed by atoms with Crippen LogP contribution in [0.5, 0.6) is 5.75 Å². The molecule has 0 N–H and O–H groups in total. The molecule has 1 aromatic heterocycles. The fraction of sp³-hybridized carbons (Fsp3) is 0.154. The van der Waals surface area contributed by atoms with Crippen LogP contribution >= 0.6 is 22.6 Å². The van der Waals surface area contributed by atoms with E-state index in [0.29, 0.717) is 5.56 Å². The SMILES string of the molecule is Cn1ccc(C(=O)COc2cccc(I)c2)c1. The third-order valence-electron chi connectivity index (χ3n) is 2.32. The van der Waals surface area contributed by atoms with Gasteiger partial charge in [0.05, 0.1) is 0 Å². The molecule has 4 heteroatoms. The molecule has 0 radical (unpaired) electrons. The van der Waals surface area contributed by atoms with Gasteiger partial charge in [-0.2, -0.15) is 0 Å². The van der Waals surface area contributed by atoms with Crippen molar-refractivity contribution in [3.8, 4) is 5.75 Å². The number of rotatable bonds is 4. The van der Waals surface area contributed by atoms with Crippen LogP contribution in [0.4, 0.5) is 0 Å². The topological polar surface area (TPSA) is 31.2 Å². The second kappa shape index (κ2) is 5.35. The molecule has 0 aliphatic rings. The van der Waals surface area contributed by atoms with E-state index >= 15 is 0 Å². The zero-order chi connectivity index (χ0) is 12.3. The van der Waals surface area contributed by atoms with Gasteiger partial charge in [-0.3, -0.25) is 4.79 Å². The lowest BCUT2D eigenvalue weighted by Gasteiger charge is -2.04.